The number of nitrogens with zero attached hydrogens (tertiary/aromatic N) is 5. The fourth-order valence-corrected chi connectivity index (χ4v) is 6.61. The Balaban J connectivity index is 0.000000680. The number of alkyl halides is 1. The van der Waals surface area contributed by atoms with E-state index in [4.69, 9.17) is 21.7 Å². The van der Waals surface area contributed by atoms with Gasteiger partial charge in [0.2, 0.25) is 0 Å². The van der Waals surface area contributed by atoms with Crippen molar-refractivity contribution in [2.45, 2.75) is 94.1 Å². The van der Waals surface area contributed by atoms with Gasteiger partial charge in [-0.3, -0.25) is 19.4 Å². The number of H-pyrrole nitrogens is 3. The van der Waals surface area contributed by atoms with Crippen LogP contribution in [0.2, 0.25) is 0 Å². The molecule has 6 rings (SSSR count). The summed E-state index contributed by atoms with van der Waals surface area (Å²) >= 11 is 12.0. The number of carbonyl (C=O) groups is 1. The fraction of sp³-hybridized carbons (Fsp3) is 0.483. The van der Waals surface area contributed by atoms with Gasteiger partial charge >= 0.3 is 103 Å². The third-order valence-electron chi connectivity index (χ3n) is 7.20. The van der Waals surface area contributed by atoms with Crippen LogP contribution in [0, 0.1) is 18.6 Å². The van der Waals surface area contributed by atoms with Gasteiger partial charge in [-0.25, -0.2) is 15.0 Å². The zero-order chi connectivity index (χ0) is 32.6. The molecule has 0 bridgehead atoms. The Bertz CT molecular complexity index is 1630. The van der Waals surface area contributed by atoms with Crippen molar-refractivity contribution in [1.82, 2.24) is 39.0 Å². The van der Waals surface area contributed by atoms with Gasteiger partial charge in [0, 0.05) is 59.4 Å². The molecule has 2 saturated carbocycles. The normalized spacial score (nSPS) is 13.8. The molecular formula is C29H39ClK2N8O5S2. The fourth-order valence-electron chi connectivity index (χ4n) is 5.26. The van der Waals surface area contributed by atoms with Crippen molar-refractivity contribution in [3.63, 3.8) is 0 Å². The molecule has 0 amide bonds. The number of halogens is 1. The van der Waals surface area contributed by atoms with E-state index in [2.05, 4.69) is 56.1 Å². The number of hydrogen-bond acceptors (Lipinski definition) is 10. The smallest absolute Gasteiger partial charge is 1.00 e. The Kier molecular flexibility index (Phi) is 23.6. The summed E-state index contributed by atoms with van der Waals surface area (Å²) in [6, 6.07) is 4.22. The molecule has 0 radical (unpaired) electrons. The maximum Gasteiger partial charge on any atom is 1.00 e. The number of imidazole rings is 2. The predicted octanol–water partition coefficient (Wildman–Crippen LogP) is -1.28. The van der Waals surface area contributed by atoms with Crippen LogP contribution < -0.4 is 119 Å². The van der Waals surface area contributed by atoms with E-state index < -0.39 is 0 Å². The summed E-state index contributed by atoms with van der Waals surface area (Å²) in [4.78, 5) is 53.9. The molecule has 4 aromatic rings. The average molecular weight is 757 g/mol. The van der Waals surface area contributed by atoms with Crippen LogP contribution in [0.25, 0.3) is 0 Å². The van der Waals surface area contributed by atoms with E-state index in [9.17, 15) is 9.59 Å². The molecule has 4 aromatic heterocycles. The Morgan fingerprint density at radius 2 is 1.47 bits per heavy atom. The molecule has 47 heavy (non-hydrogen) atoms. The van der Waals surface area contributed by atoms with E-state index in [-0.39, 0.29) is 122 Å². The average Bonchev–Trinajstić information content (AvgIpc) is 3.83. The molecule has 0 aliphatic heterocycles. The molecule has 0 unspecified atom stereocenters. The van der Waals surface area contributed by atoms with Crippen LogP contribution in [0.15, 0.2) is 51.9 Å². The number of aromatic nitrogens is 8. The number of aromatic amines is 3. The van der Waals surface area contributed by atoms with E-state index >= 15 is 0 Å². The zero-order valence-electron chi connectivity index (χ0n) is 28.2. The first-order chi connectivity index (χ1) is 21.7. The van der Waals surface area contributed by atoms with Gasteiger partial charge in [0.05, 0.1) is 24.2 Å². The number of carbonyl (C=O) groups excluding carboxylic acids is 1. The molecule has 0 spiro atoms. The van der Waals surface area contributed by atoms with Crippen LogP contribution in [0.3, 0.4) is 0 Å². The van der Waals surface area contributed by atoms with E-state index in [1.165, 1.54) is 69.2 Å². The van der Waals surface area contributed by atoms with Crippen molar-refractivity contribution in [2.24, 2.45) is 0 Å². The van der Waals surface area contributed by atoms with Crippen LogP contribution >= 0.6 is 35.6 Å². The summed E-state index contributed by atoms with van der Waals surface area (Å²) in [5.74, 6) is 1.36. The molecule has 246 valence electrons. The molecule has 18 heteroatoms. The second kappa shape index (κ2) is 24.8. The number of nitrogens with one attached hydrogen (secondary N) is 3. The maximum absolute atomic E-state index is 11.4. The van der Waals surface area contributed by atoms with Gasteiger partial charge in [-0.05, 0) is 51.7 Å². The molecule has 13 nitrogen and oxygen atoms in total. The third-order valence-corrected chi connectivity index (χ3v) is 8.59. The van der Waals surface area contributed by atoms with Crippen LogP contribution in [0.5, 0.6) is 0 Å². The molecule has 2 fully saturated rings. The van der Waals surface area contributed by atoms with Crippen molar-refractivity contribution in [2.75, 3.05) is 0 Å². The molecule has 2 aliphatic carbocycles. The Labute approximate surface area is 374 Å². The molecule has 0 aromatic carbocycles. The summed E-state index contributed by atoms with van der Waals surface area (Å²) in [6.07, 6.45) is 18.0. The number of rotatable bonds is 7. The first-order valence-electron chi connectivity index (χ1n) is 14.5. The minimum atomic E-state index is -0.181. The summed E-state index contributed by atoms with van der Waals surface area (Å²) < 4.78 is 4.90. The topological polar surface area (TPSA) is 179 Å². The van der Waals surface area contributed by atoms with E-state index in [0.717, 1.165) is 22.8 Å². The Hall–Kier alpha value is -0.257. The Morgan fingerprint density at radius 1 is 0.957 bits per heavy atom. The SMILES string of the molecule is Cc1cc(=O)[nH]c(=S)[nH]1.Cc1cc(=O)[nH]c(SCc2cncn2C2CCCC2)n1.ClCc1cncn1C1CCCC1.O=CO[O-].[H-].[K+].[K+]. The summed E-state index contributed by atoms with van der Waals surface area (Å²) in [7, 11) is 0. The molecule has 0 saturated heterocycles. The van der Waals surface area contributed by atoms with Crippen LogP contribution in [-0.2, 0) is 21.3 Å². The summed E-state index contributed by atoms with van der Waals surface area (Å²) in [5, 5.41) is 9.11. The predicted molar refractivity (Wildman–Crippen MR) is 173 cm³/mol. The number of thioether (sulfide) groups is 1. The monoisotopic (exact) mass is 756 g/mol. The third kappa shape index (κ3) is 16.1. The standard InChI is InChI=1S/C14H18N4OS.C9H13ClN2.C5H6N2OS.CH2O3.2K.H/c1-10-6-13(19)17-14(16-10)20-8-12-7-15-9-18(12)11-4-2-3-5-11;10-5-9-6-11-7-12(9)8-3-1-2-4-8;1-3-2-4(8)7-5(9)6-3;2-1-4-3;;;/h6-7,9,11H,2-5,8H2,1H3,(H,16,17,19);6-8H,1-5H2;2H,1H3,(H2,6,7,8,9);1,3H;;;/q;;;;2*+1;-1/p-1. The van der Waals surface area contributed by atoms with Gasteiger partial charge in [-0.2, -0.15) is 0 Å². The van der Waals surface area contributed by atoms with E-state index in [0.29, 0.717) is 27.9 Å². The van der Waals surface area contributed by atoms with Crippen molar-refractivity contribution in [3.8, 4) is 0 Å². The van der Waals surface area contributed by atoms with Crippen molar-refractivity contribution in [1.29, 1.82) is 0 Å². The van der Waals surface area contributed by atoms with Crippen molar-refractivity contribution in [3.05, 3.63) is 85.4 Å². The van der Waals surface area contributed by atoms with Gasteiger partial charge in [-0.1, -0.05) is 37.4 Å². The summed E-state index contributed by atoms with van der Waals surface area (Å²) in [5.41, 5.74) is 3.64. The first kappa shape index (κ1) is 44.8. The molecular weight excluding hydrogens is 718 g/mol. The number of hydrogen-bond donors (Lipinski definition) is 3. The first-order valence-corrected chi connectivity index (χ1v) is 16.5. The van der Waals surface area contributed by atoms with Crippen LogP contribution in [-0.4, -0.2) is 45.5 Å². The van der Waals surface area contributed by atoms with Crippen LogP contribution in [0.4, 0.5) is 0 Å². The quantitative estimate of drug-likeness (QED) is 0.0301. The minimum Gasteiger partial charge on any atom is -1.00 e. The van der Waals surface area contributed by atoms with Gasteiger partial charge < -0.3 is 30.7 Å². The van der Waals surface area contributed by atoms with Gasteiger partial charge in [0.25, 0.3) is 17.6 Å². The maximum atomic E-state index is 11.4. The van der Waals surface area contributed by atoms with E-state index in [1.54, 1.807) is 18.7 Å². The van der Waals surface area contributed by atoms with Gasteiger partial charge in [0.15, 0.2) is 9.93 Å². The largest absolute Gasteiger partial charge is 1.00 e. The van der Waals surface area contributed by atoms with Crippen molar-refractivity contribution < 1.29 is 119 Å². The minimum absolute atomic E-state index is 0. The second-order valence-electron chi connectivity index (χ2n) is 10.5. The molecule has 3 N–H and O–H groups in total. The van der Waals surface area contributed by atoms with Gasteiger partial charge in [-0.15, -0.1) is 11.6 Å². The second-order valence-corrected chi connectivity index (χ2v) is 12.2. The molecule has 2 aliphatic rings. The number of aryl methyl sites for hydroxylation is 2. The zero-order valence-corrected chi connectivity index (χ0v) is 35.9. The summed E-state index contributed by atoms with van der Waals surface area (Å²) in [6.45, 7) is 3.44. The Morgan fingerprint density at radius 3 is 1.94 bits per heavy atom. The van der Waals surface area contributed by atoms with Gasteiger partial charge in [0.1, 0.15) is 0 Å². The van der Waals surface area contributed by atoms with Crippen LogP contribution in [0.1, 0.15) is 87.7 Å². The molecule has 0 atom stereocenters. The van der Waals surface area contributed by atoms with Crippen molar-refractivity contribution >= 4 is 42.1 Å². The molecule has 4 heterocycles. The van der Waals surface area contributed by atoms with E-state index in [1.807, 2.05) is 32.0 Å².